The van der Waals surface area contributed by atoms with Gasteiger partial charge in [0, 0.05) is 43.4 Å². The summed E-state index contributed by atoms with van der Waals surface area (Å²) in [4.78, 5) is 11.2. The molecule has 1 atom stereocenters. The fraction of sp³-hybridized carbons (Fsp3) is 0.450. The Bertz CT molecular complexity index is 924. The van der Waals surface area contributed by atoms with E-state index in [4.69, 9.17) is 9.47 Å². The zero-order chi connectivity index (χ0) is 18.8. The highest BCUT2D eigenvalue weighted by atomic mass is 16.5. The number of hydrogen-bond donors (Lipinski definition) is 1. The molecule has 3 aromatic rings. The Balaban J connectivity index is 1.67. The van der Waals surface area contributed by atoms with Crippen LogP contribution in [0, 0.1) is 0 Å². The first-order valence-electron chi connectivity index (χ1n) is 9.39. The monoisotopic (exact) mass is 367 g/mol. The van der Waals surface area contributed by atoms with Crippen molar-refractivity contribution in [3.8, 4) is 17.1 Å². The molecular formula is C20H25N5O2. The predicted octanol–water partition coefficient (Wildman–Crippen LogP) is 3.42. The van der Waals surface area contributed by atoms with Crippen molar-refractivity contribution < 1.29 is 9.47 Å². The van der Waals surface area contributed by atoms with Gasteiger partial charge in [-0.3, -0.25) is 5.10 Å². The molecule has 1 saturated heterocycles. The molecule has 1 fully saturated rings. The molecule has 1 N–H and O–H groups in total. The van der Waals surface area contributed by atoms with E-state index >= 15 is 0 Å². The van der Waals surface area contributed by atoms with Gasteiger partial charge in [-0.25, -0.2) is 9.97 Å². The third kappa shape index (κ3) is 3.73. The van der Waals surface area contributed by atoms with Crippen LogP contribution >= 0.6 is 0 Å². The molecule has 0 aliphatic carbocycles. The van der Waals surface area contributed by atoms with Gasteiger partial charge in [0.05, 0.1) is 23.9 Å². The maximum Gasteiger partial charge on any atom is 0.214 e. The summed E-state index contributed by atoms with van der Waals surface area (Å²) in [5.74, 6) is 1.56. The summed E-state index contributed by atoms with van der Waals surface area (Å²) in [7, 11) is 1.78. The summed E-state index contributed by atoms with van der Waals surface area (Å²) in [6.07, 6.45) is 6.15. The summed E-state index contributed by atoms with van der Waals surface area (Å²) >= 11 is 0. The molecule has 7 nitrogen and oxygen atoms in total. The van der Waals surface area contributed by atoms with Gasteiger partial charge in [-0.1, -0.05) is 0 Å². The molecule has 27 heavy (non-hydrogen) atoms. The Labute approximate surface area is 158 Å². The maximum atomic E-state index is 5.74. The second-order valence-electron chi connectivity index (χ2n) is 7.16. The number of piperidine rings is 1. The van der Waals surface area contributed by atoms with Crippen molar-refractivity contribution in [2.45, 2.75) is 38.9 Å². The summed E-state index contributed by atoms with van der Waals surface area (Å²) in [5, 5.41) is 8.56. The molecule has 3 aromatic heterocycles. The first kappa shape index (κ1) is 17.7. The van der Waals surface area contributed by atoms with Crippen LogP contribution < -0.4 is 9.64 Å². The smallest absolute Gasteiger partial charge is 0.214 e. The van der Waals surface area contributed by atoms with Gasteiger partial charge in [-0.15, -0.1) is 0 Å². The van der Waals surface area contributed by atoms with Crippen molar-refractivity contribution in [1.29, 1.82) is 0 Å². The second-order valence-corrected chi connectivity index (χ2v) is 7.16. The van der Waals surface area contributed by atoms with Gasteiger partial charge in [-0.2, -0.15) is 5.10 Å². The van der Waals surface area contributed by atoms with E-state index in [0.717, 1.165) is 53.9 Å². The number of methoxy groups -OCH3 is 1. The molecule has 142 valence electrons. The van der Waals surface area contributed by atoms with E-state index in [-0.39, 0.29) is 12.2 Å². The van der Waals surface area contributed by atoms with Gasteiger partial charge >= 0.3 is 0 Å². The van der Waals surface area contributed by atoms with Crippen LogP contribution in [0.15, 0.2) is 30.6 Å². The quantitative estimate of drug-likeness (QED) is 0.745. The topological polar surface area (TPSA) is 76.2 Å². The number of H-pyrrole nitrogens is 1. The number of nitrogens with zero attached hydrogens (tertiary/aromatic N) is 4. The molecule has 0 radical (unpaired) electrons. The number of nitrogens with one attached hydrogen (secondary N) is 1. The summed E-state index contributed by atoms with van der Waals surface area (Å²) in [5.41, 5.74) is 2.79. The number of aromatic amines is 1. The van der Waals surface area contributed by atoms with Crippen LogP contribution in [0.4, 0.5) is 5.82 Å². The van der Waals surface area contributed by atoms with E-state index in [2.05, 4.69) is 31.1 Å². The molecular weight excluding hydrogens is 342 g/mol. The van der Waals surface area contributed by atoms with E-state index < -0.39 is 0 Å². The minimum Gasteiger partial charge on any atom is -0.475 e. The summed E-state index contributed by atoms with van der Waals surface area (Å²) in [6, 6.07) is 6.02. The number of hydrogen-bond acceptors (Lipinski definition) is 6. The highest BCUT2D eigenvalue weighted by Crippen LogP contribution is 2.30. The molecule has 1 unspecified atom stereocenters. The number of pyridine rings is 2. The predicted molar refractivity (Wildman–Crippen MR) is 105 cm³/mol. The van der Waals surface area contributed by atoms with Crippen LogP contribution in [-0.4, -0.2) is 52.6 Å². The van der Waals surface area contributed by atoms with Gasteiger partial charge < -0.3 is 14.4 Å². The van der Waals surface area contributed by atoms with E-state index in [1.165, 1.54) is 0 Å². The third-order valence-electron chi connectivity index (χ3n) is 4.83. The Kier molecular flexibility index (Phi) is 4.94. The normalized spacial score (nSPS) is 17.6. The molecule has 7 heteroatoms. The fourth-order valence-electron chi connectivity index (χ4n) is 3.50. The van der Waals surface area contributed by atoms with Crippen LogP contribution in [-0.2, 0) is 4.74 Å². The van der Waals surface area contributed by atoms with E-state index in [0.29, 0.717) is 5.88 Å². The fourth-order valence-corrected chi connectivity index (χ4v) is 3.50. The largest absolute Gasteiger partial charge is 0.475 e. The lowest BCUT2D eigenvalue weighted by atomic mass is 10.1. The third-order valence-corrected chi connectivity index (χ3v) is 4.83. The molecule has 0 spiro atoms. The average molecular weight is 367 g/mol. The minimum absolute atomic E-state index is 0.0747. The Hall–Kier alpha value is -2.67. The first-order chi connectivity index (χ1) is 13.1. The van der Waals surface area contributed by atoms with Crippen LogP contribution in [0.3, 0.4) is 0 Å². The van der Waals surface area contributed by atoms with Gasteiger partial charge in [-0.05, 0) is 38.8 Å². The number of aromatic nitrogens is 4. The Morgan fingerprint density at radius 1 is 1.26 bits per heavy atom. The van der Waals surface area contributed by atoms with Crippen LogP contribution in [0.25, 0.3) is 22.2 Å². The molecule has 0 aromatic carbocycles. The van der Waals surface area contributed by atoms with E-state index in [9.17, 15) is 0 Å². The van der Waals surface area contributed by atoms with Crippen molar-refractivity contribution in [1.82, 2.24) is 20.2 Å². The zero-order valence-corrected chi connectivity index (χ0v) is 16.0. The van der Waals surface area contributed by atoms with Gasteiger partial charge in [0.15, 0.2) is 0 Å². The van der Waals surface area contributed by atoms with Crippen molar-refractivity contribution in [3.63, 3.8) is 0 Å². The Morgan fingerprint density at radius 2 is 2.15 bits per heavy atom. The number of anilines is 1. The molecule has 0 amide bonds. The SMILES string of the molecule is COC1CCCN(c2cc(-c3n[nH]c4cnc(OC(C)C)cc34)ccn2)C1. The van der Waals surface area contributed by atoms with Crippen molar-refractivity contribution in [2.24, 2.45) is 0 Å². The van der Waals surface area contributed by atoms with Crippen LogP contribution in [0.1, 0.15) is 26.7 Å². The van der Waals surface area contributed by atoms with Crippen molar-refractivity contribution in [2.75, 3.05) is 25.1 Å². The summed E-state index contributed by atoms with van der Waals surface area (Å²) < 4.78 is 11.3. The maximum absolute atomic E-state index is 5.74. The molecule has 4 heterocycles. The molecule has 4 rings (SSSR count). The van der Waals surface area contributed by atoms with Crippen LogP contribution in [0.5, 0.6) is 5.88 Å². The number of fused-ring (bicyclic) bond motifs is 1. The van der Waals surface area contributed by atoms with Gasteiger partial charge in [0.25, 0.3) is 0 Å². The first-order valence-corrected chi connectivity index (χ1v) is 9.39. The molecule has 1 aliphatic rings. The lowest BCUT2D eigenvalue weighted by Gasteiger charge is -2.32. The molecule has 1 aliphatic heterocycles. The number of ether oxygens (including phenoxy) is 2. The average Bonchev–Trinajstić information content (AvgIpc) is 3.11. The zero-order valence-electron chi connectivity index (χ0n) is 16.0. The highest BCUT2D eigenvalue weighted by molar-refractivity contribution is 5.93. The van der Waals surface area contributed by atoms with Crippen LogP contribution in [0.2, 0.25) is 0 Å². The minimum atomic E-state index is 0.0747. The standard InChI is InChI=1S/C20H25N5O2/c1-13(2)27-19-10-16-17(11-22-19)23-24-20(16)14-6-7-21-18(9-14)25-8-4-5-15(12-25)26-3/h6-7,9-11,13,15H,4-5,8,12H2,1-3H3,(H,23,24). The van der Waals surface area contributed by atoms with E-state index in [1.54, 1.807) is 13.3 Å². The van der Waals surface area contributed by atoms with E-state index in [1.807, 2.05) is 32.2 Å². The number of rotatable bonds is 5. The molecule has 0 saturated carbocycles. The van der Waals surface area contributed by atoms with Crippen molar-refractivity contribution in [3.05, 3.63) is 30.6 Å². The van der Waals surface area contributed by atoms with Gasteiger partial charge in [0.2, 0.25) is 5.88 Å². The van der Waals surface area contributed by atoms with Gasteiger partial charge in [0.1, 0.15) is 11.5 Å². The second kappa shape index (κ2) is 7.52. The molecule has 0 bridgehead atoms. The van der Waals surface area contributed by atoms with Crippen molar-refractivity contribution >= 4 is 16.7 Å². The highest BCUT2D eigenvalue weighted by Gasteiger charge is 2.21. The lowest BCUT2D eigenvalue weighted by Crippen LogP contribution is -2.39. The Morgan fingerprint density at radius 3 is 2.96 bits per heavy atom. The summed E-state index contributed by atoms with van der Waals surface area (Å²) in [6.45, 7) is 5.84. The lowest BCUT2D eigenvalue weighted by molar-refractivity contribution is 0.0891.